The van der Waals surface area contributed by atoms with E-state index in [1.807, 2.05) is 6.08 Å². The van der Waals surface area contributed by atoms with Crippen LogP contribution >= 0.6 is 7.82 Å². The second-order valence-electron chi connectivity index (χ2n) is 28.9. The summed E-state index contributed by atoms with van der Waals surface area (Å²) in [6.07, 6.45) is -35.4. The Hall–Kier alpha value is -6.16. The minimum Gasteiger partial charge on any atom is -0.510 e. The normalized spacial score (nSPS) is 35.6. The number of hydrogen-bond acceptors (Lipinski definition) is 32. The molecule has 0 aromatic rings. The number of allylic oxidation sites excluding steroid dienone is 10. The van der Waals surface area contributed by atoms with E-state index < -0.39 is 240 Å². The van der Waals surface area contributed by atoms with Gasteiger partial charge in [0.1, 0.15) is 102 Å². The van der Waals surface area contributed by atoms with Crippen LogP contribution in [0.3, 0.4) is 0 Å². The Labute approximate surface area is 628 Å². The number of ether oxygens (including phenoxy) is 11. The van der Waals surface area contributed by atoms with Crippen LogP contribution in [0.4, 0.5) is 4.79 Å². The van der Waals surface area contributed by atoms with E-state index in [9.17, 15) is 104 Å². The number of aliphatic hydroxyl groups is 11. The van der Waals surface area contributed by atoms with Crippen molar-refractivity contribution in [2.75, 3.05) is 26.4 Å². The molecule has 0 spiro atoms. The number of phosphoric ester groups is 1. The molecule has 11 unspecified atom stereocenters. The summed E-state index contributed by atoms with van der Waals surface area (Å²) in [6, 6.07) is -4.00. The maximum atomic E-state index is 14.1. The van der Waals surface area contributed by atoms with E-state index in [-0.39, 0.29) is 24.9 Å². The molecule has 0 aromatic carbocycles. The third-order valence-electron chi connectivity index (χ3n) is 18.9. The topological polar surface area (TPSA) is 608 Å². The van der Waals surface area contributed by atoms with Gasteiger partial charge < -0.3 is 146 Å². The van der Waals surface area contributed by atoms with E-state index in [1.54, 1.807) is 13.0 Å². The number of hydrogen-bond donors (Lipinski definition) is 18. The first-order chi connectivity index (χ1) is 50.9. The van der Waals surface area contributed by atoms with E-state index in [2.05, 4.69) is 75.4 Å². The van der Waals surface area contributed by atoms with Gasteiger partial charge in [0.2, 0.25) is 17.7 Å². The summed E-state index contributed by atoms with van der Waals surface area (Å²) in [4.78, 5) is 102. The smallest absolute Gasteiger partial charge is 0.474 e. The Balaban J connectivity index is 1.25. The molecule has 27 atom stereocenters. The quantitative estimate of drug-likeness (QED) is 0.0236. The summed E-state index contributed by atoms with van der Waals surface area (Å²) in [5.41, 5.74) is 12.0. The Morgan fingerprint density at radius 1 is 0.716 bits per heavy atom. The van der Waals surface area contributed by atoms with Gasteiger partial charge in [-0.2, -0.15) is 0 Å². The zero-order chi connectivity index (χ0) is 81.5. The number of nitrogens with one attached hydrogen (secondary N) is 3. The SMILES string of the molecule is C=C(C/C=C(\C)CCC=C(C)C)CCC(C)(C)/C=C/CC/C(C)=C/CO[C@H](COP(=O)(O)O[C@H]1OC(C(N)=O)[C@@](C)(O)[C@H](OC(N)=O)C1O[C@@H]1OC(CO[C@@H]2OC(CO)[C@@H](O)[C@H](O)C2O)[C@@H](O[C@@H]2OC(C)[C@@H](O[C@@H]3OC(C(=O)NC4=C(O)CCC4=O)[C@H](O)[C@H](O)C3O)[C@H](O)C2NC(C)=O)[C@H](O)C1NC(C)=O)C(=O)O. The molecule has 0 aromatic heterocycles. The van der Waals surface area contributed by atoms with Crippen LogP contribution in [0.1, 0.15) is 127 Å². The molecular formula is C69H108N5O34P. The van der Waals surface area contributed by atoms with Gasteiger partial charge in [0.05, 0.1) is 32.5 Å². The number of nitrogens with two attached hydrogens (primary N) is 2. The zero-order valence-electron chi connectivity index (χ0n) is 62.2. The molecule has 5 aliphatic heterocycles. The van der Waals surface area contributed by atoms with Crippen LogP contribution in [-0.2, 0) is 94.5 Å². The van der Waals surface area contributed by atoms with Gasteiger partial charge in [-0.25, -0.2) is 14.2 Å². The molecule has 0 bridgehead atoms. The number of amides is 5. The second kappa shape index (κ2) is 40.5. The average Bonchev–Trinajstić information content (AvgIpc) is 1.80. The number of carboxylic acid groups (broad SMARTS) is 1. The van der Waals surface area contributed by atoms with Gasteiger partial charge in [0.25, 0.3) is 5.91 Å². The molecule has 1 aliphatic carbocycles. The first kappa shape index (κ1) is 91.7. The summed E-state index contributed by atoms with van der Waals surface area (Å²) in [6.45, 7) is 16.8. The molecule has 5 fully saturated rings. The number of carbonyl (C=O) groups is 7. The third kappa shape index (κ3) is 25.4. The lowest BCUT2D eigenvalue weighted by Crippen LogP contribution is -2.72. The molecule has 6 rings (SSSR count). The van der Waals surface area contributed by atoms with Crippen molar-refractivity contribution in [3.63, 3.8) is 0 Å². The van der Waals surface area contributed by atoms with E-state index >= 15 is 0 Å². The monoisotopic (exact) mass is 1580 g/mol. The zero-order valence-corrected chi connectivity index (χ0v) is 63.1. The fourth-order valence-electron chi connectivity index (χ4n) is 12.6. The number of aliphatic carboxylic acids is 1. The molecular weight excluding hydrogens is 1470 g/mol. The van der Waals surface area contributed by atoms with Gasteiger partial charge in [-0.3, -0.25) is 33.0 Å². The van der Waals surface area contributed by atoms with Crippen molar-refractivity contribution in [2.45, 2.75) is 286 Å². The van der Waals surface area contributed by atoms with Crippen LogP contribution in [0.5, 0.6) is 0 Å². The molecule has 6 aliphatic rings. The average molecular weight is 1580 g/mol. The maximum absolute atomic E-state index is 14.1. The summed E-state index contributed by atoms with van der Waals surface area (Å²) in [5, 5.41) is 139. The largest absolute Gasteiger partial charge is 0.510 e. The number of rotatable bonds is 37. The second-order valence-corrected chi connectivity index (χ2v) is 30.3. The maximum Gasteiger partial charge on any atom is 0.474 e. The summed E-state index contributed by atoms with van der Waals surface area (Å²) in [5.74, 6) is -7.66. The highest BCUT2D eigenvalue weighted by Crippen LogP contribution is 2.49. The Kier molecular flexibility index (Phi) is 34.1. The van der Waals surface area contributed by atoms with Gasteiger partial charge in [0.15, 0.2) is 67.8 Å². The first-order valence-electron chi connectivity index (χ1n) is 35.4. The highest BCUT2D eigenvalue weighted by Gasteiger charge is 2.62. The highest BCUT2D eigenvalue weighted by molar-refractivity contribution is 7.47. The Morgan fingerprint density at radius 3 is 1.88 bits per heavy atom. The third-order valence-corrected chi connectivity index (χ3v) is 19.9. The van der Waals surface area contributed by atoms with Gasteiger partial charge >= 0.3 is 19.9 Å². The Morgan fingerprint density at radius 2 is 1.29 bits per heavy atom. The predicted molar refractivity (Wildman–Crippen MR) is 372 cm³/mol. The minimum atomic E-state index is -5.85. The van der Waals surface area contributed by atoms with E-state index in [4.69, 9.17) is 72.6 Å². The van der Waals surface area contributed by atoms with Crippen molar-refractivity contribution < 1.29 is 165 Å². The lowest BCUT2D eigenvalue weighted by atomic mass is 9.85. The van der Waals surface area contributed by atoms with Crippen molar-refractivity contribution >= 4 is 49.3 Å². The van der Waals surface area contributed by atoms with Gasteiger partial charge in [-0.1, -0.05) is 73.1 Å². The molecule has 20 N–H and O–H groups in total. The van der Waals surface area contributed by atoms with E-state index in [1.165, 1.54) is 18.1 Å². The summed E-state index contributed by atoms with van der Waals surface area (Å²) in [7, 11) is -5.85. The molecule has 5 heterocycles. The fraction of sp³-hybridized carbons (Fsp3) is 0.725. The lowest BCUT2D eigenvalue weighted by Gasteiger charge is -2.52. The van der Waals surface area contributed by atoms with E-state index in [0.29, 0.717) is 12.8 Å². The number of ketones is 1. The molecule has 0 saturated carbocycles. The molecule has 5 amide bonds. The number of aliphatic hydroxyl groups excluding tert-OH is 10. The summed E-state index contributed by atoms with van der Waals surface area (Å²) < 4.78 is 88.9. The number of Topliss-reactive ketones (excluding diaryl/α,β-unsaturated/α-hetero) is 1. The molecule has 109 heavy (non-hydrogen) atoms. The van der Waals surface area contributed by atoms with Gasteiger partial charge in [-0.15, -0.1) is 0 Å². The predicted octanol–water partition coefficient (Wildman–Crippen LogP) is -2.03. The van der Waals surface area contributed by atoms with Crippen molar-refractivity contribution in [3.8, 4) is 0 Å². The summed E-state index contributed by atoms with van der Waals surface area (Å²) >= 11 is 0. The standard InChI is InChI=1S/C69H108N5O34P/c1-30(2)15-14-17-31(3)18-19-33(5)22-25-68(9,10)24-13-12-16-32(4)23-26-96-41(61(90)91)29-98-109(94,95)108-66-56(57(107-67(71)92)69(11,93)58(106-66)59(70)88)105-63-44(73-36(8)77)47(82)54(40(101-63)28-97-64-51(86)48(83)45(80)39(27-75)100-64)103-62-43(72-35(7)76)46(81)53(34(6)99-62)102-65-52(87)49(84)50(85)55(104-65)60(89)74-42-37(78)20-21-38(42)79/h13,15,18,23-24,34,39-41,43-58,62-66,75,78,80-87,93H,5,12,14,16-17,19-22,25-29H2,1-4,6-11H3,(H2,70,88)(H2,71,92)(H,72,76)(H,73,77)(H,74,89)(H,90,91)(H,94,95)/b24-13+,31-18+,32-23+/t34?,39?,40?,41-,43?,44?,45-,46-,47-,48+,49+,50-,51?,52?,53-,54-,55?,56?,57-,58?,62+,63+,64-,65-,66-,69+/m1/s1. The Bertz CT molecular complexity index is 3360. The molecule has 39 nitrogen and oxygen atoms in total. The van der Waals surface area contributed by atoms with Crippen molar-refractivity contribution in [2.24, 2.45) is 16.9 Å². The molecule has 618 valence electrons. The number of carbonyl (C=O) groups excluding carboxylic acids is 6. The number of carboxylic acids is 1. The van der Waals surface area contributed by atoms with Crippen LogP contribution in [0.2, 0.25) is 0 Å². The van der Waals surface area contributed by atoms with Crippen LogP contribution in [0, 0.1) is 5.41 Å². The van der Waals surface area contributed by atoms with Crippen molar-refractivity contribution in [3.05, 3.63) is 70.7 Å². The lowest BCUT2D eigenvalue weighted by molar-refractivity contribution is -0.375. The highest BCUT2D eigenvalue weighted by atomic mass is 31.2. The van der Waals surface area contributed by atoms with Gasteiger partial charge in [0, 0.05) is 26.7 Å². The van der Waals surface area contributed by atoms with Crippen LogP contribution in [0.15, 0.2) is 70.7 Å². The minimum absolute atomic E-state index is 0.128. The number of primary amides is 2. The molecule has 5 saturated heterocycles. The van der Waals surface area contributed by atoms with Crippen LogP contribution in [0.25, 0.3) is 0 Å². The van der Waals surface area contributed by atoms with Crippen molar-refractivity contribution in [1.29, 1.82) is 0 Å². The molecule has 0 radical (unpaired) electrons. The number of phosphoric acid groups is 1. The first-order valence-corrected chi connectivity index (χ1v) is 36.9. The molecule has 40 heteroatoms. The van der Waals surface area contributed by atoms with Crippen LogP contribution in [-0.4, -0.2) is 293 Å². The van der Waals surface area contributed by atoms with Crippen LogP contribution < -0.4 is 27.4 Å². The van der Waals surface area contributed by atoms with Crippen molar-refractivity contribution in [1.82, 2.24) is 16.0 Å². The van der Waals surface area contributed by atoms with E-state index in [0.717, 1.165) is 64.0 Å². The fourth-order valence-corrected chi connectivity index (χ4v) is 13.5. The van der Waals surface area contributed by atoms with Gasteiger partial charge in [-0.05, 0) is 91.9 Å².